The summed E-state index contributed by atoms with van der Waals surface area (Å²) in [6.45, 7) is 0. The predicted molar refractivity (Wildman–Crippen MR) is 442 cm³/mol. The molecule has 4 heteroatoms. The molecule has 0 spiro atoms. The van der Waals surface area contributed by atoms with Gasteiger partial charge in [-0.1, -0.05) is 267 Å². The lowest BCUT2D eigenvalue weighted by molar-refractivity contribution is 1.18. The number of nitrogens with zero attached hydrogens (tertiary/aromatic N) is 4. The van der Waals surface area contributed by atoms with Crippen molar-refractivity contribution in [3.63, 3.8) is 0 Å². The quantitative estimate of drug-likeness (QED) is 0.144. The van der Waals surface area contributed by atoms with Gasteiger partial charge in [0.05, 0.1) is 44.1 Å². The highest BCUT2D eigenvalue weighted by molar-refractivity contribution is 6.30. The Morgan fingerprint density at radius 2 is 0.385 bits per heavy atom. The first-order valence-electron chi connectivity index (χ1n) is 35.9. The average Bonchev–Trinajstić information content (AvgIpc) is 1.58. The van der Waals surface area contributed by atoms with Crippen molar-refractivity contribution in [3.05, 3.63) is 388 Å². The molecule has 0 saturated carbocycles. The van der Waals surface area contributed by atoms with Crippen LogP contribution in [-0.2, 0) is 0 Å². The summed E-state index contributed by atoms with van der Waals surface area (Å²) in [7, 11) is 0. The van der Waals surface area contributed by atoms with Crippen molar-refractivity contribution in [1.29, 1.82) is 0 Å². The van der Waals surface area contributed by atoms with Crippen LogP contribution in [0.2, 0.25) is 0 Å². The summed E-state index contributed by atoms with van der Waals surface area (Å²) in [5, 5.41) is 20.4. The van der Waals surface area contributed by atoms with Crippen LogP contribution in [-0.4, -0.2) is 18.3 Å². The molecule has 104 heavy (non-hydrogen) atoms. The largest absolute Gasteiger partial charge is 0.309 e. The Morgan fingerprint density at radius 1 is 0.125 bits per heavy atom. The van der Waals surface area contributed by atoms with E-state index in [1.807, 2.05) is 0 Å². The topological polar surface area (TPSA) is 19.7 Å². The fourth-order valence-corrected chi connectivity index (χ4v) is 17.0. The SMILES string of the molecule is c1ccc(-c2cc(-c3ccc4c(c3)c3ccccc3n4-c3ccccc3)cc(-n3c4ccc5ccccc5c4c4c5ccccc5ccc43)c2)cc1.c1ccc(-c2ccc3c(c2)c2cc(-c4ccc(-n5c6ccc7ccccc7c6c6c7ccccc7ccc65)cc4)ccc2n3-c2ccccc2)cc1. The van der Waals surface area contributed by atoms with E-state index in [2.05, 4.69) is 407 Å². The molecule has 4 nitrogen and oxygen atoms in total. The van der Waals surface area contributed by atoms with Crippen molar-refractivity contribution < 1.29 is 0 Å². The molecule has 0 bridgehead atoms. The van der Waals surface area contributed by atoms with E-state index in [-0.39, 0.29) is 0 Å². The molecule has 0 aliphatic carbocycles. The molecule has 22 rings (SSSR count). The Labute approximate surface area is 600 Å². The molecule has 484 valence electrons. The number of fused-ring (bicyclic) bond motifs is 20. The highest BCUT2D eigenvalue weighted by Gasteiger charge is 2.23. The highest BCUT2D eigenvalue weighted by atomic mass is 15.0. The van der Waals surface area contributed by atoms with E-state index in [1.165, 1.54) is 186 Å². The molecule has 4 heterocycles. The van der Waals surface area contributed by atoms with Gasteiger partial charge in [-0.25, -0.2) is 0 Å². The molecule has 0 radical (unpaired) electrons. The number of hydrogen-bond acceptors (Lipinski definition) is 0. The normalized spacial score (nSPS) is 11.8. The summed E-state index contributed by atoms with van der Waals surface area (Å²) in [6.07, 6.45) is 0. The van der Waals surface area contributed by atoms with Gasteiger partial charge in [0.25, 0.3) is 0 Å². The second-order valence-electron chi connectivity index (χ2n) is 27.5. The first-order valence-corrected chi connectivity index (χ1v) is 35.9. The van der Waals surface area contributed by atoms with Crippen LogP contribution in [0, 0.1) is 0 Å². The third-order valence-corrected chi connectivity index (χ3v) is 21.7. The van der Waals surface area contributed by atoms with Crippen molar-refractivity contribution in [2.24, 2.45) is 0 Å². The van der Waals surface area contributed by atoms with Crippen molar-refractivity contribution in [2.45, 2.75) is 0 Å². The van der Waals surface area contributed by atoms with Crippen LogP contribution in [0.15, 0.2) is 388 Å². The lowest BCUT2D eigenvalue weighted by Gasteiger charge is -2.15. The van der Waals surface area contributed by atoms with Gasteiger partial charge in [-0.05, 0) is 209 Å². The fourth-order valence-electron chi connectivity index (χ4n) is 17.0. The van der Waals surface area contributed by atoms with E-state index in [0.29, 0.717) is 0 Å². The molecule has 0 N–H and O–H groups in total. The molecule has 0 amide bonds. The van der Waals surface area contributed by atoms with Gasteiger partial charge < -0.3 is 18.3 Å². The highest BCUT2D eigenvalue weighted by Crippen LogP contribution is 2.46. The van der Waals surface area contributed by atoms with E-state index in [1.54, 1.807) is 0 Å². The summed E-state index contributed by atoms with van der Waals surface area (Å²) in [5.41, 5.74) is 24.0. The summed E-state index contributed by atoms with van der Waals surface area (Å²) in [4.78, 5) is 0. The molecule has 0 saturated heterocycles. The Bertz CT molecular complexity index is 6990. The van der Waals surface area contributed by atoms with Crippen molar-refractivity contribution in [1.82, 2.24) is 18.3 Å². The lowest BCUT2D eigenvalue weighted by atomic mass is 9.96. The maximum atomic E-state index is 2.49. The van der Waals surface area contributed by atoms with Gasteiger partial charge in [-0.3, -0.25) is 0 Å². The minimum Gasteiger partial charge on any atom is -0.309 e. The lowest BCUT2D eigenvalue weighted by Crippen LogP contribution is -1.96. The molecule has 0 atom stereocenters. The van der Waals surface area contributed by atoms with Gasteiger partial charge >= 0.3 is 0 Å². The summed E-state index contributed by atoms with van der Waals surface area (Å²) in [6, 6.07) is 142. The molecule has 4 aromatic heterocycles. The van der Waals surface area contributed by atoms with Crippen molar-refractivity contribution >= 4 is 130 Å². The van der Waals surface area contributed by atoms with Gasteiger partial charge in [0.2, 0.25) is 0 Å². The number of hydrogen-bond donors (Lipinski definition) is 0. The minimum absolute atomic E-state index is 1.15. The Balaban J connectivity index is 0.000000134. The second-order valence-corrected chi connectivity index (χ2v) is 27.5. The van der Waals surface area contributed by atoms with Crippen molar-refractivity contribution in [2.75, 3.05) is 0 Å². The summed E-state index contributed by atoms with van der Waals surface area (Å²) in [5.74, 6) is 0. The van der Waals surface area contributed by atoms with Gasteiger partial charge in [-0.2, -0.15) is 0 Å². The van der Waals surface area contributed by atoms with Crippen molar-refractivity contribution in [3.8, 4) is 67.3 Å². The number of para-hydroxylation sites is 3. The zero-order valence-electron chi connectivity index (χ0n) is 56.7. The molecular weight excluding hydrogens is 1260 g/mol. The zero-order chi connectivity index (χ0) is 68.3. The van der Waals surface area contributed by atoms with Gasteiger partial charge in [0.15, 0.2) is 0 Å². The van der Waals surface area contributed by atoms with E-state index in [4.69, 9.17) is 0 Å². The van der Waals surface area contributed by atoms with Crippen LogP contribution in [0.4, 0.5) is 0 Å². The standard InChI is InChI=1S/2C50H32N2/c1-3-13-33(14-4-1)37-29-38(36-25-26-46-44(32-36)43-21-11-12-22-45(43)51(46)39-17-5-2-6-18-39)31-40(30-37)52-47-27-23-34-15-7-9-19-41(34)49(47)50-42-20-10-8-16-35(42)24-28-48(50)52;1-3-11-33(12-4-1)37-23-27-45-43(31-37)44-32-38(24-28-46(44)51(45)39-15-5-2-6-16-39)34-19-25-40(26-20-34)52-47-29-21-35-13-7-9-17-41(35)49(47)50-42-18-10-8-14-36(42)22-30-48(50)52/h2*1-32H. The van der Waals surface area contributed by atoms with E-state index < -0.39 is 0 Å². The first kappa shape index (κ1) is 59.1. The van der Waals surface area contributed by atoms with E-state index in [9.17, 15) is 0 Å². The second kappa shape index (κ2) is 24.0. The maximum absolute atomic E-state index is 2.49. The third-order valence-electron chi connectivity index (χ3n) is 21.7. The Kier molecular flexibility index (Phi) is 13.6. The van der Waals surface area contributed by atoms with Crippen LogP contribution in [0.5, 0.6) is 0 Å². The van der Waals surface area contributed by atoms with Crippen LogP contribution in [0.3, 0.4) is 0 Å². The molecule has 22 aromatic rings. The molecule has 0 fully saturated rings. The van der Waals surface area contributed by atoms with E-state index >= 15 is 0 Å². The molecule has 0 aliphatic heterocycles. The van der Waals surface area contributed by atoms with Gasteiger partial charge in [-0.15, -0.1) is 0 Å². The smallest absolute Gasteiger partial charge is 0.0547 e. The summed E-state index contributed by atoms with van der Waals surface area (Å²) < 4.78 is 9.70. The van der Waals surface area contributed by atoms with Crippen LogP contribution in [0.1, 0.15) is 0 Å². The molecule has 0 aliphatic rings. The van der Waals surface area contributed by atoms with Gasteiger partial charge in [0.1, 0.15) is 0 Å². The first-order chi connectivity index (χ1) is 51.6. The molecule has 0 unspecified atom stereocenters. The Morgan fingerprint density at radius 3 is 0.798 bits per heavy atom. The molecular formula is C100H64N4. The van der Waals surface area contributed by atoms with Crippen LogP contribution >= 0.6 is 0 Å². The minimum atomic E-state index is 1.15. The monoisotopic (exact) mass is 1320 g/mol. The van der Waals surface area contributed by atoms with Crippen LogP contribution < -0.4 is 0 Å². The van der Waals surface area contributed by atoms with Gasteiger partial charge in [0, 0.05) is 65.8 Å². The van der Waals surface area contributed by atoms with E-state index in [0.717, 1.165) is 11.4 Å². The third kappa shape index (κ3) is 9.46. The zero-order valence-corrected chi connectivity index (χ0v) is 56.7. The average molecular weight is 1320 g/mol. The number of benzene rings is 18. The number of rotatable bonds is 8. The fraction of sp³-hybridized carbons (Fsp3) is 0. The Hall–Kier alpha value is -13.8. The maximum Gasteiger partial charge on any atom is 0.0547 e. The van der Waals surface area contributed by atoms with Crippen LogP contribution in [0.25, 0.3) is 198 Å². The predicted octanol–water partition coefficient (Wildman–Crippen LogP) is 27.0. The molecule has 18 aromatic carbocycles. The summed E-state index contributed by atoms with van der Waals surface area (Å²) >= 11 is 0. The number of aromatic nitrogens is 4.